The van der Waals surface area contributed by atoms with Gasteiger partial charge in [-0.05, 0) is 117 Å². The van der Waals surface area contributed by atoms with Gasteiger partial charge in [0.1, 0.15) is 5.82 Å². The summed E-state index contributed by atoms with van der Waals surface area (Å²) >= 11 is 0. The van der Waals surface area contributed by atoms with Crippen LogP contribution < -0.4 is 5.32 Å². The molecule has 4 heteroatoms. The Hall–Kier alpha value is -1.68. The summed E-state index contributed by atoms with van der Waals surface area (Å²) in [7, 11) is 0. The minimum absolute atomic E-state index is 0.00234. The molecule has 4 rings (SSSR count). The van der Waals surface area contributed by atoms with Gasteiger partial charge in [-0.15, -0.1) is 0 Å². The van der Waals surface area contributed by atoms with Crippen molar-refractivity contribution >= 4 is 5.91 Å². The molecule has 1 N–H and O–H groups in total. The minimum atomic E-state index is -0.167. The van der Waals surface area contributed by atoms with E-state index in [1.165, 1.54) is 88.7 Å². The summed E-state index contributed by atoms with van der Waals surface area (Å²) < 4.78 is 21.2. The summed E-state index contributed by atoms with van der Waals surface area (Å²) in [6, 6.07) is 6.19. The van der Waals surface area contributed by atoms with Gasteiger partial charge >= 0.3 is 0 Å². The Labute approximate surface area is 231 Å². The van der Waals surface area contributed by atoms with Crippen molar-refractivity contribution in [1.29, 1.82) is 0 Å². The molecule has 0 heterocycles. The van der Waals surface area contributed by atoms with Gasteiger partial charge in [0.15, 0.2) is 0 Å². The predicted octanol–water partition coefficient (Wildman–Crippen LogP) is 8.83. The fraction of sp³-hybridized carbons (Fsp3) is 0.735. The zero-order valence-electron chi connectivity index (χ0n) is 23.9. The van der Waals surface area contributed by atoms with Gasteiger partial charge in [0, 0.05) is 6.54 Å². The van der Waals surface area contributed by atoms with Crippen LogP contribution in [-0.4, -0.2) is 25.2 Å². The van der Waals surface area contributed by atoms with Crippen molar-refractivity contribution in [3.63, 3.8) is 0 Å². The Kier molecular flexibility index (Phi) is 11.7. The minimum Gasteiger partial charge on any atom is -0.376 e. The van der Waals surface area contributed by atoms with Crippen LogP contribution in [0.1, 0.15) is 133 Å². The second-order valence-electron chi connectivity index (χ2n) is 12.5. The molecule has 0 atom stereocenters. The zero-order valence-corrected chi connectivity index (χ0v) is 23.9. The number of ether oxygens (including phenoxy) is 1. The highest BCUT2D eigenvalue weighted by Crippen LogP contribution is 2.45. The quantitative estimate of drug-likeness (QED) is 0.219. The molecule has 0 aromatic heterocycles. The Balaban J connectivity index is 1.17. The molecule has 3 saturated carbocycles. The molecule has 212 valence electrons. The molecule has 1 amide bonds. The van der Waals surface area contributed by atoms with Gasteiger partial charge in [-0.1, -0.05) is 64.2 Å². The van der Waals surface area contributed by atoms with Crippen LogP contribution in [0.5, 0.6) is 0 Å². The fourth-order valence-electron chi connectivity index (χ4n) is 7.70. The van der Waals surface area contributed by atoms with Crippen molar-refractivity contribution in [2.45, 2.75) is 128 Å². The lowest BCUT2D eigenvalue weighted by atomic mass is 9.68. The first-order valence-corrected chi connectivity index (χ1v) is 15.9. The van der Waals surface area contributed by atoms with Gasteiger partial charge in [-0.2, -0.15) is 0 Å². The summed E-state index contributed by atoms with van der Waals surface area (Å²) in [5, 5.41) is 2.74. The number of halogens is 1. The molecule has 0 unspecified atom stereocenters. The number of hydrogen-bond donors (Lipinski definition) is 1. The molecule has 0 bridgehead atoms. The molecule has 0 aliphatic heterocycles. The molecule has 3 fully saturated rings. The Morgan fingerprint density at radius 1 is 0.947 bits per heavy atom. The third-order valence-electron chi connectivity index (χ3n) is 10.1. The second-order valence-corrected chi connectivity index (χ2v) is 12.5. The monoisotopic (exact) mass is 525 g/mol. The van der Waals surface area contributed by atoms with Crippen LogP contribution in [0.25, 0.3) is 0 Å². The normalized spacial score (nSPS) is 30.1. The van der Waals surface area contributed by atoms with E-state index in [1.807, 2.05) is 6.07 Å². The van der Waals surface area contributed by atoms with Gasteiger partial charge in [-0.3, -0.25) is 4.79 Å². The van der Waals surface area contributed by atoms with Crippen LogP contribution in [0, 0.1) is 23.6 Å². The van der Waals surface area contributed by atoms with Crippen LogP contribution in [0.4, 0.5) is 4.39 Å². The summed E-state index contributed by atoms with van der Waals surface area (Å²) in [6.07, 6.45) is 21.9. The van der Waals surface area contributed by atoms with Crippen LogP contribution in [0.3, 0.4) is 0 Å². The molecule has 3 aliphatic carbocycles. The highest BCUT2D eigenvalue weighted by atomic mass is 19.1. The lowest BCUT2D eigenvalue weighted by Crippen LogP contribution is -2.28. The van der Waals surface area contributed by atoms with Gasteiger partial charge in [0.05, 0.1) is 12.7 Å². The van der Waals surface area contributed by atoms with E-state index in [2.05, 4.69) is 31.0 Å². The highest BCUT2D eigenvalue weighted by Gasteiger charge is 2.32. The average Bonchev–Trinajstić information content (AvgIpc) is 2.96. The number of rotatable bonds is 12. The standard InChI is InChI=1S/C34H52FNO2/c1-3-5-6-7-25-8-10-26(11-9-25)27-12-14-28(15-13-27)30-18-21-32(33(35)24-30)29-16-19-31(20-17-29)38-23-22-36-34(37)4-2/h4,18,21,24-29,31H,2-3,5-17,19-20,22-23H2,1H3,(H,36,37). The Morgan fingerprint density at radius 2 is 1.61 bits per heavy atom. The summed E-state index contributed by atoms with van der Waals surface area (Å²) in [5.74, 6) is 3.50. The smallest absolute Gasteiger partial charge is 0.243 e. The molecule has 1 aromatic carbocycles. The van der Waals surface area contributed by atoms with Crippen molar-refractivity contribution in [1.82, 2.24) is 5.32 Å². The summed E-state index contributed by atoms with van der Waals surface area (Å²) in [5.41, 5.74) is 2.12. The van der Waals surface area contributed by atoms with Crippen molar-refractivity contribution in [3.05, 3.63) is 47.8 Å². The van der Waals surface area contributed by atoms with E-state index < -0.39 is 0 Å². The van der Waals surface area contributed by atoms with E-state index >= 15 is 4.39 Å². The summed E-state index contributed by atoms with van der Waals surface area (Å²) in [6.45, 7) is 6.77. The number of carbonyl (C=O) groups excluding carboxylic acids is 1. The largest absolute Gasteiger partial charge is 0.376 e. The lowest BCUT2D eigenvalue weighted by Gasteiger charge is -2.38. The van der Waals surface area contributed by atoms with Crippen LogP contribution in [0.2, 0.25) is 0 Å². The van der Waals surface area contributed by atoms with Gasteiger partial charge < -0.3 is 10.1 Å². The van der Waals surface area contributed by atoms with Crippen LogP contribution in [0.15, 0.2) is 30.9 Å². The third kappa shape index (κ3) is 8.41. The van der Waals surface area contributed by atoms with E-state index in [0.717, 1.165) is 49.0 Å². The van der Waals surface area contributed by atoms with Crippen molar-refractivity contribution in [2.75, 3.05) is 13.2 Å². The third-order valence-corrected chi connectivity index (χ3v) is 10.1. The maximum Gasteiger partial charge on any atom is 0.243 e. The molecule has 38 heavy (non-hydrogen) atoms. The highest BCUT2D eigenvalue weighted by molar-refractivity contribution is 5.86. The maximum absolute atomic E-state index is 15.3. The molecular weight excluding hydrogens is 473 g/mol. The van der Waals surface area contributed by atoms with Crippen LogP contribution in [-0.2, 0) is 9.53 Å². The number of nitrogens with one attached hydrogen (secondary N) is 1. The summed E-state index contributed by atoms with van der Waals surface area (Å²) in [4.78, 5) is 11.2. The molecule has 0 saturated heterocycles. The van der Waals surface area contributed by atoms with E-state index in [4.69, 9.17) is 4.74 Å². The first-order chi connectivity index (χ1) is 18.6. The number of benzene rings is 1. The van der Waals surface area contributed by atoms with E-state index in [1.54, 1.807) is 0 Å². The molecule has 0 spiro atoms. The first-order valence-electron chi connectivity index (χ1n) is 15.9. The number of hydrogen-bond acceptors (Lipinski definition) is 2. The molecule has 0 radical (unpaired) electrons. The SMILES string of the molecule is C=CC(=O)NCCOC1CCC(c2ccc(C3CCC(C4CCC(CCCCC)CC4)CC3)cc2F)CC1. The predicted molar refractivity (Wildman–Crippen MR) is 155 cm³/mol. The van der Waals surface area contributed by atoms with Gasteiger partial charge in [0.2, 0.25) is 5.91 Å². The first kappa shape index (κ1) is 29.3. The lowest BCUT2D eigenvalue weighted by molar-refractivity contribution is -0.116. The van der Waals surface area contributed by atoms with Crippen molar-refractivity contribution in [3.8, 4) is 0 Å². The molecule has 3 aliphatic rings. The van der Waals surface area contributed by atoms with Crippen molar-refractivity contribution < 1.29 is 13.9 Å². The average molecular weight is 526 g/mol. The number of amides is 1. The molecule has 1 aromatic rings. The maximum atomic E-state index is 15.3. The number of unbranched alkanes of at least 4 members (excludes halogenated alkanes) is 2. The van der Waals surface area contributed by atoms with Gasteiger partial charge in [-0.25, -0.2) is 4.39 Å². The topological polar surface area (TPSA) is 38.3 Å². The second kappa shape index (κ2) is 15.2. The van der Waals surface area contributed by atoms with E-state index in [0.29, 0.717) is 19.1 Å². The van der Waals surface area contributed by atoms with Gasteiger partial charge in [0.25, 0.3) is 0 Å². The molecule has 3 nitrogen and oxygen atoms in total. The van der Waals surface area contributed by atoms with Crippen LogP contribution >= 0.6 is 0 Å². The Morgan fingerprint density at radius 3 is 2.24 bits per heavy atom. The van der Waals surface area contributed by atoms with Crippen molar-refractivity contribution in [2.24, 2.45) is 17.8 Å². The zero-order chi connectivity index (χ0) is 26.7. The van der Waals surface area contributed by atoms with E-state index in [-0.39, 0.29) is 23.7 Å². The molecular formula is C34H52FNO2. The number of carbonyl (C=O) groups is 1. The van der Waals surface area contributed by atoms with E-state index in [9.17, 15) is 4.79 Å². The Bertz CT molecular complexity index is 861. The fourth-order valence-corrected chi connectivity index (χ4v) is 7.70.